The first-order valence-electron chi connectivity index (χ1n) is 9.40. The molecule has 1 aliphatic heterocycles. The fourth-order valence-corrected chi connectivity index (χ4v) is 3.78. The van der Waals surface area contributed by atoms with Crippen LogP contribution in [0, 0.1) is 11.8 Å². The van der Waals surface area contributed by atoms with Gasteiger partial charge in [0.05, 0.1) is 0 Å². The number of hydrogen-bond acceptors (Lipinski definition) is 2. The van der Waals surface area contributed by atoms with Crippen LogP contribution in [0.3, 0.4) is 0 Å². The van der Waals surface area contributed by atoms with Gasteiger partial charge in [0.2, 0.25) is 0 Å². The zero-order valence-corrected chi connectivity index (χ0v) is 14.9. The van der Waals surface area contributed by atoms with Crippen LogP contribution >= 0.6 is 0 Å². The maximum atomic E-state index is 4.42. The van der Waals surface area contributed by atoms with Gasteiger partial charge in [0.15, 0.2) is 5.96 Å². The molecule has 4 heteroatoms. The van der Waals surface area contributed by atoms with Crippen LogP contribution in [-0.2, 0) is 0 Å². The monoisotopic (exact) mass is 308 g/mol. The maximum absolute atomic E-state index is 4.42. The molecule has 4 nitrogen and oxygen atoms in total. The largest absolute Gasteiger partial charge is 0.356 e. The highest BCUT2D eigenvalue weighted by Gasteiger charge is 2.21. The Kier molecular flexibility index (Phi) is 7.50. The molecule has 0 radical (unpaired) electrons. The molecule has 0 atom stereocenters. The standard InChI is InChI=1S/C18H36N4/c1-4-11-22-12-9-17(10-13-22)21-18(19-3)20-14-16-7-5-15(2)6-8-16/h15-17H,4-14H2,1-3H3,(H2,19,20,21). The van der Waals surface area contributed by atoms with Gasteiger partial charge in [-0.3, -0.25) is 4.99 Å². The minimum absolute atomic E-state index is 0.589. The van der Waals surface area contributed by atoms with Crippen molar-refractivity contribution in [1.29, 1.82) is 0 Å². The van der Waals surface area contributed by atoms with Crippen LogP contribution in [0.1, 0.15) is 58.8 Å². The second-order valence-electron chi connectivity index (χ2n) is 7.34. The predicted molar refractivity (Wildman–Crippen MR) is 95.4 cm³/mol. The van der Waals surface area contributed by atoms with E-state index in [4.69, 9.17) is 0 Å². The molecule has 1 saturated carbocycles. The third-order valence-corrected chi connectivity index (χ3v) is 5.39. The summed E-state index contributed by atoms with van der Waals surface area (Å²) in [5.41, 5.74) is 0. The number of piperidine rings is 1. The van der Waals surface area contributed by atoms with E-state index in [9.17, 15) is 0 Å². The summed E-state index contributed by atoms with van der Waals surface area (Å²) in [6.45, 7) is 9.43. The van der Waals surface area contributed by atoms with Crippen molar-refractivity contribution in [2.45, 2.75) is 64.8 Å². The van der Waals surface area contributed by atoms with Crippen molar-refractivity contribution in [3.05, 3.63) is 0 Å². The van der Waals surface area contributed by atoms with Gasteiger partial charge < -0.3 is 15.5 Å². The first kappa shape index (κ1) is 17.6. The molecule has 22 heavy (non-hydrogen) atoms. The fourth-order valence-electron chi connectivity index (χ4n) is 3.78. The van der Waals surface area contributed by atoms with Crippen LogP contribution in [-0.4, -0.2) is 50.1 Å². The van der Waals surface area contributed by atoms with Crippen molar-refractivity contribution in [2.75, 3.05) is 33.2 Å². The van der Waals surface area contributed by atoms with E-state index in [-0.39, 0.29) is 0 Å². The van der Waals surface area contributed by atoms with E-state index in [1.165, 1.54) is 64.6 Å². The molecular weight excluding hydrogens is 272 g/mol. The molecular formula is C18H36N4. The highest BCUT2D eigenvalue weighted by molar-refractivity contribution is 5.79. The van der Waals surface area contributed by atoms with E-state index in [0.29, 0.717) is 6.04 Å². The molecule has 1 aliphatic carbocycles. The zero-order valence-electron chi connectivity index (χ0n) is 14.9. The fraction of sp³-hybridized carbons (Fsp3) is 0.944. The lowest BCUT2D eigenvalue weighted by Gasteiger charge is -2.33. The van der Waals surface area contributed by atoms with Crippen molar-refractivity contribution in [2.24, 2.45) is 16.8 Å². The van der Waals surface area contributed by atoms with Crippen molar-refractivity contribution < 1.29 is 0 Å². The second-order valence-corrected chi connectivity index (χ2v) is 7.34. The van der Waals surface area contributed by atoms with E-state index >= 15 is 0 Å². The van der Waals surface area contributed by atoms with Gasteiger partial charge in [0.1, 0.15) is 0 Å². The quantitative estimate of drug-likeness (QED) is 0.606. The molecule has 2 N–H and O–H groups in total. The smallest absolute Gasteiger partial charge is 0.191 e. The van der Waals surface area contributed by atoms with E-state index in [1.807, 2.05) is 7.05 Å². The Morgan fingerprint density at radius 3 is 2.36 bits per heavy atom. The summed E-state index contributed by atoms with van der Waals surface area (Å²) in [5, 5.41) is 7.19. The normalized spacial score (nSPS) is 28.6. The number of likely N-dealkylation sites (tertiary alicyclic amines) is 1. The molecule has 2 fully saturated rings. The summed E-state index contributed by atoms with van der Waals surface area (Å²) >= 11 is 0. The molecule has 2 aliphatic rings. The predicted octanol–water partition coefficient (Wildman–Crippen LogP) is 2.85. The Morgan fingerprint density at radius 2 is 1.77 bits per heavy atom. The molecule has 0 aromatic heterocycles. The summed E-state index contributed by atoms with van der Waals surface area (Å²) in [5.74, 6) is 2.77. The number of guanidine groups is 1. The lowest BCUT2D eigenvalue weighted by Crippen LogP contribution is -2.49. The third kappa shape index (κ3) is 5.79. The van der Waals surface area contributed by atoms with Crippen molar-refractivity contribution in [3.63, 3.8) is 0 Å². The number of aliphatic imine (C=N–C) groups is 1. The van der Waals surface area contributed by atoms with Crippen LogP contribution in [0.25, 0.3) is 0 Å². The maximum Gasteiger partial charge on any atom is 0.191 e. The summed E-state index contributed by atoms with van der Waals surface area (Å²) < 4.78 is 0. The molecule has 1 saturated heterocycles. The van der Waals surface area contributed by atoms with Crippen LogP contribution in [0.2, 0.25) is 0 Å². The molecule has 0 spiro atoms. The molecule has 0 aromatic rings. The Morgan fingerprint density at radius 1 is 1.09 bits per heavy atom. The highest BCUT2D eigenvalue weighted by Crippen LogP contribution is 2.27. The van der Waals surface area contributed by atoms with Crippen molar-refractivity contribution >= 4 is 5.96 Å². The highest BCUT2D eigenvalue weighted by atomic mass is 15.2. The average molecular weight is 309 g/mol. The topological polar surface area (TPSA) is 39.7 Å². The van der Waals surface area contributed by atoms with E-state index < -0.39 is 0 Å². The van der Waals surface area contributed by atoms with E-state index in [0.717, 1.165) is 24.3 Å². The van der Waals surface area contributed by atoms with Crippen LogP contribution < -0.4 is 10.6 Å². The number of nitrogens with one attached hydrogen (secondary N) is 2. The van der Waals surface area contributed by atoms with E-state index in [1.54, 1.807) is 0 Å². The molecule has 0 aromatic carbocycles. The van der Waals surface area contributed by atoms with Gasteiger partial charge in [-0.1, -0.05) is 26.7 Å². The Hall–Kier alpha value is -0.770. The van der Waals surface area contributed by atoms with E-state index in [2.05, 4.69) is 34.4 Å². The first-order chi connectivity index (χ1) is 10.7. The molecule has 0 unspecified atom stereocenters. The summed E-state index contributed by atoms with van der Waals surface area (Å²) in [6.07, 6.45) is 9.29. The van der Waals surface area contributed by atoms with Gasteiger partial charge in [0, 0.05) is 32.7 Å². The molecule has 128 valence electrons. The minimum Gasteiger partial charge on any atom is -0.356 e. The third-order valence-electron chi connectivity index (χ3n) is 5.39. The Labute approximate surface area is 137 Å². The van der Waals surface area contributed by atoms with Gasteiger partial charge in [-0.15, -0.1) is 0 Å². The van der Waals surface area contributed by atoms with Gasteiger partial charge in [-0.2, -0.15) is 0 Å². The zero-order chi connectivity index (χ0) is 15.8. The average Bonchev–Trinajstić information content (AvgIpc) is 2.55. The Balaban J connectivity index is 1.65. The van der Waals surface area contributed by atoms with Crippen LogP contribution in [0.4, 0.5) is 0 Å². The Bertz CT molecular complexity index is 326. The van der Waals surface area contributed by atoms with Crippen molar-refractivity contribution in [1.82, 2.24) is 15.5 Å². The molecule has 2 rings (SSSR count). The number of nitrogens with zero attached hydrogens (tertiary/aromatic N) is 2. The number of hydrogen-bond donors (Lipinski definition) is 2. The second kappa shape index (κ2) is 9.39. The lowest BCUT2D eigenvalue weighted by molar-refractivity contribution is 0.206. The van der Waals surface area contributed by atoms with Crippen LogP contribution in [0.15, 0.2) is 4.99 Å². The first-order valence-corrected chi connectivity index (χ1v) is 9.40. The van der Waals surface area contributed by atoms with Crippen molar-refractivity contribution in [3.8, 4) is 0 Å². The summed E-state index contributed by atoms with van der Waals surface area (Å²) in [4.78, 5) is 7.00. The molecule has 0 bridgehead atoms. The molecule has 1 heterocycles. The molecule has 0 amide bonds. The van der Waals surface area contributed by atoms with Gasteiger partial charge in [-0.05, 0) is 50.5 Å². The van der Waals surface area contributed by atoms with Gasteiger partial charge >= 0.3 is 0 Å². The van der Waals surface area contributed by atoms with Gasteiger partial charge in [-0.25, -0.2) is 0 Å². The summed E-state index contributed by atoms with van der Waals surface area (Å²) in [6, 6.07) is 0.589. The lowest BCUT2D eigenvalue weighted by atomic mass is 9.83. The van der Waals surface area contributed by atoms with Crippen LogP contribution in [0.5, 0.6) is 0 Å². The summed E-state index contributed by atoms with van der Waals surface area (Å²) in [7, 11) is 1.89. The SMILES string of the molecule is CCCN1CCC(NC(=NC)NCC2CCC(C)CC2)CC1. The van der Waals surface area contributed by atoms with Gasteiger partial charge in [0.25, 0.3) is 0 Å². The number of rotatable bonds is 5. The minimum atomic E-state index is 0.589.